The van der Waals surface area contributed by atoms with E-state index in [1.54, 1.807) is 0 Å². The van der Waals surface area contributed by atoms with Crippen molar-refractivity contribution in [3.05, 3.63) is 0 Å². The number of likely N-dealkylation sites (tertiary alicyclic amines) is 1. The molecule has 0 aromatic carbocycles. The van der Waals surface area contributed by atoms with Gasteiger partial charge >= 0.3 is 6.03 Å². The number of urea groups is 1. The SMILES string of the molecule is CCOCCCNC(=O)N1CCCCCC1. The zero-order valence-corrected chi connectivity index (χ0v) is 10.3. The summed E-state index contributed by atoms with van der Waals surface area (Å²) in [6.07, 6.45) is 5.70. The molecule has 0 atom stereocenters. The molecule has 1 fully saturated rings. The van der Waals surface area contributed by atoms with Crippen molar-refractivity contribution in [2.75, 3.05) is 32.8 Å². The third-order valence-corrected chi connectivity index (χ3v) is 2.84. The van der Waals surface area contributed by atoms with Gasteiger partial charge < -0.3 is 15.0 Å². The molecular weight excluding hydrogens is 204 g/mol. The lowest BCUT2D eigenvalue weighted by atomic mass is 10.2. The van der Waals surface area contributed by atoms with Crippen molar-refractivity contribution >= 4 is 6.03 Å². The summed E-state index contributed by atoms with van der Waals surface area (Å²) in [5, 5.41) is 2.95. The number of nitrogens with zero attached hydrogens (tertiary/aromatic N) is 1. The van der Waals surface area contributed by atoms with E-state index in [-0.39, 0.29) is 6.03 Å². The number of amides is 2. The molecule has 0 unspecified atom stereocenters. The van der Waals surface area contributed by atoms with Gasteiger partial charge in [0.05, 0.1) is 0 Å². The summed E-state index contributed by atoms with van der Waals surface area (Å²) in [6, 6.07) is 0.0957. The maximum absolute atomic E-state index is 11.8. The Morgan fingerprint density at radius 1 is 1.25 bits per heavy atom. The van der Waals surface area contributed by atoms with E-state index < -0.39 is 0 Å². The summed E-state index contributed by atoms with van der Waals surface area (Å²) in [6.45, 7) is 6.01. The fraction of sp³-hybridized carbons (Fsp3) is 0.917. The first-order valence-corrected chi connectivity index (χ1v) is 6.45. The fourth-order valence-electron chi connectivity index (χ4n) is 1.90. The Morgan fingerprint density at radius 2 is 1.94 bits per heavy atom. The van der Waals surface area contributed by atoms with Crippen LogP contribution < -0.4 is 5.32 Å². The van der Waals surface area contributed by atoms with Gasteiger partial charge in [0.2, 0.25) is 0 Å². The minimum atomic E-state index is 0.0957. The molecule has 4 nitrogen and oxygen atoms in total. The van der Waals surface area contributed by atoms with Crippen molar-refractivity contribution in [3.63, 3.8) is 0 Å². The number of carbonyl (C=O) groups excluding carboxylic acids is 1. The quantitative estimate of drug-likeness (QED) is 0.731. The summed E-state index contributed by atoms with van der Waals surface area (Å²) >= 11 is 0. The van der Waals surface area contributed by atoms with E-state index in [4.69, 9.17) is 4.74 Å². The lowest BCUT2D eigenvalue weighted by Gasteiger charge is -2.20. The Balaban J connectivity index is 2.08. The summed E-state index contributed by atoms with van der Waals surface area (Å²) in [5.74, 6) is 0. The molecule has 1 aliphatic rings. The average molecular weight is 228 g/mol. The highest BCUT2D eigenvalue weighted by Gasteiger charge is 2.14. The Labute approximate surface area is 98.3 Å². The van der Waals surface area contributed by atoms with E-state index in [9.17, 15) is 4.79 Å². The third-order valence-electron chi connectivity index (χ3n) is 2.84. The van der Waals surface area contributed by atoms with Crippen molar-refractivity contribution in [1.82, 2.24) is 10.2 Å². The van der Waals surface area contributed by atoms with E-state index in [0.29, 0.717) is 0 Å². The number of rotatable bonds is 5. The van der Waals surface area contributed by atoms with Crippen molar-refractivity contribution in [1.29, 1.82) is 0 Å². The summed E-state index contributed by atoms with van der Waals surface area (Å²) in [7, 11) is 0. The topological polar surface area (TPSA) is 41.6 Å². The Kier molecular flexibility index (Phi) is 6.97. The van der Waals surface area contributed by atoms with Crippen LogP contribution in [0.1, 0.15) is 39.0 Å². The molecule has 16 heavy (non-hydrogen) atoms. The molecule has 1 heterocycles. The van der Waals surface area contributed by atoms with Gasteiger partial charge in [0.15, 0.2) is 0 Å². The Bertz CT molecular complexity index is 189. The van der Waals surface area contributed by atoms with Gasteiger partial charge in [-0.2, -0.15) is 0 Å². The first-order valence-electron chi connectivity index (χ1n) is 6.45. The van der Waals surface area contributed by atoms with Crippen LogP contribution >= 0.6 is 0 Å². The summed E-state index contributed by atoms with van der Waals surface area (Å²) in [4.78, 5) is 13.7. The first-order chi connectivity index (χ1) is 7.84. The van der Waals surface area contributed by atoms with Gasteiger partial charge in [-0.15, -0.1) is 0 Å². The molecule has 1 N–H and O–H groups in total. The maximum atomic E-state index is 11.8. The normalized spacial score (nSPS) is 16.9. The standard InChI is InChI=1S/C12H24N2O2/c1-2-16-11-7-8-13-12(15)14-9-5-3-4-6-10-14/h2-11H2,1H3,(H,13,15). The van der Waals surface area contributed by atoms with Crippen LogP contribution in [0.25, 0.3) is 0 Å². The Morgan fingerprint density at radius 3 is 2.56 bits per heavy atom. The van der Waals surface area contributed by atoms with Gasteiger partial charge in [-0.05, 0) is 26.2 Å². The maximum Gasteiger partial charge on any atom is 0.317 e. The minimum absolute atomic E-state index is 0.0957. The van der Waals surface area contributed by atoms with Crippen LogP contribution in [0, 0.1) is 0 Å². The number of ether oxygens (including phenoxy) is 1. The fourth-order valence-corrected chi connectivity index (χ4v) is 1.90. The average Bonchev–Trinajstić information content (AvgIpc) is 2.57. The molecule has 0 aromatic rings. The molecule has 0 aromatic heterocycles. The lowest BCUT2D eigenvalue weighted by Crippen LogP contribution is -2.41. The molecule has 1 saturated heterocycles. The highest BCUT2D eigenvalue weighted by Crippen LogP contribution is 2.09. The summed E-state index contributed by atoms with van der Waals surface area (Å²) in [5.41, 5.74) is 0. The molecule has 94 valence electrons. The van der Waals surface area contributed by atoms with Gasteiger partial charge in [0, 0.05) is 32.8 Å². The third kappa shape index (κ3) is 5.35. The molecular formula is C12H24N2O2. The van der Waals surface area contributed by atoms with E-state index >= 15 is 0 Å². The molecule has 4 heteroatoms. The van der Waals surface area contributed by atoms with Gasteiger partial charge in [-0.25, -0.2) is 4.79 Å². The Hall–Kier alpha value is -0.770. The lowest BCUT2D eigenvalue weighted by molar-refractivity contribution is 0.144. The van der Waals surface area contributed by atoms with Crippen LogP contribution in [0.5, 0.6) is 0 Å². The number of hydrogen-bond acceptors (Lipinski definition) is 2. The highest BCUT2D eigenvalue weighted by molar-refractivity contribution is 5.74. The highest BCUT2D eigenvalue weighted by atomic mass is 16.5. The number of nitrogens with one attached hydrogen (secondary N) is 1. The molecule has 0 saturated carbocycles. The van der Waals surface area contributed by atoms with E-state index in [2.05, 4.69) is 5.32 Å². The zero-order chi connectivity index (χ0) is 11.6. The second-order valence-corrected chi connectivity index (χ2v) is 4.18. The predicted octanol–water partition coefficient (Wildman–Crippen LogP) is 2.00. The zero-order valence-electron chi connectivity index (χ0n) is 10.3. The monoisotopic (exact) mass is 228 g/mol. The number of hydrogen-bond donors (Lipinski definition) is 1. The first kappa shape index (κ1) is 13.3. The van der Waals surface area contributed by atoms with E-state index in [0.717, 1.165) is 52.1 Å². The molecule has 0 bridgehead atoms. The molecule has 1 rings (SSSR count). The summed E-state index contributed by atoms with van der Waals surface area (Å²) < 4.78 is 5.22. The molecule has 0 spiro atoms. The van der Waals surface area contributed by atoms with Crippen LogP contribution in [0.4, 0.5) is 4.79 Å². The van der Waals surface area contributed by atoms with Crippen LogP contribution in [-0.4, -0.2) is 43.8 Å². The van der Waals surface area contributed by atoms with Gasteiger partial charge in [0.1, 0.15) is 0 Å². The van der Waals surface area contributed by atoms with Gasteiger partial charge in [-0.1, -0.05) is 12.8 Å². The van der Waals surface area contributed by atoms with Crippen LogP contribution in [0.15, 0.2) is 0 Å². The predicted molar refractivity (Wildman–Crippen MR) is 64.5 cm³/mol. The van der Waals surface area contributed by atoms with Crippen molar-refractivity contribution in [2.45, 2.75) is 39.0 Å². The van der Waals surface area contributed by atoms with Crippen LogP contribution in [-0.2, 0) is 4.74 Å². The van der Waals surface area contributed by atoms with Crippen molar-refractivity contribution < 1.29 is 9.53 Å². The van der Waals surface area contributed by atoms with Crippen LogP contribution in [0.2, 0.25) is 0 Å². The van der Waals surface area contributed by atoms with Crippen LogP contribution in [0.3, 0.4) is 0 Å². The van der Waals surface area contributed by atoms with Crippen molar-refractivity contribution in [2.24, 2.45) is 0 Å². The second-order valence-electron chi connectivity index (χ2n) is 4.18. The van der Waals surface area contributed by atoms with Gasteiger partial charge in [0.25, 0.3) is 0 Å². The molecule has 2 amide bonds. The molecule has 0 aliphatic carbocycles. The largest absolute Gasteiger partial charge is 0.382 e. The number of carbonyl (C=O) groups is 1. The smallest absolute Gasteiger partial charge is 0.317 e. The van der Waals surface area contributed by atoms with E-state index in [1.165, 1.54) is 12.8 Å². The van der Waals surface area contributed by atoms with Crippen molar-refractivity contribution in [3.8, 4) is 0 Å². The minimum Gasteiger partial charge on any atom is -0.382 e. The molecule has 1 aliphatic heterocycles. The van der Waals surface area contributed by atoms with E-state index in [1.807, 2.05) is 11.8 Å². The van der Waals surface area contributed by atoms with Gasteiger partial charge in [-0.3, -0.25) is 0 Å². The second kappa shape index (κ2) is 8.39. The molecule has 0 radical (unpaired) electrons.